The lowest BCUT2D eigenvalue weighted by molar-refractivity contribution is 0.0293. The van der Waals surface area contributed by atoms with Crippen LogP contribution in [0.25, 0.3) is 0 Å². The van der Waals surface area contributed by atoms with Crippen LogP contribution in [0.5, 0.6) is 0 Å². The van der Waals surface area contributed by atoms with E-state index >= 15 is 0 Å². The Morgan fingerprint density at radius 1 is 1.36 bits per heavy atom. The second kappa shape index (κ2) is 5.36. The molecular weight excluding hydrogens is 174 g/mol. The molecule has 1 unspecified atom stereocenters. The molecule has 1 aliphatic carbocycles. The fourth-order valence-corrected chi connectivity index (χ4v) is 2.38. The molecule has 1 saturated carbocycles. The van der Waals surface area contributed by atoms with Gasteiger partial charge in [-0.1, -0.05) is 39.0 Å². The molecule has 0 aliphatic heterocycles. The Balaban J connectivity index is 2.54. The van der Waals surface area contributed by atoms with E-state index in [1.165, 1.54) is 6.42 Å². The molecule has 1 rings (SSSR count). The number of nitriles is 1. The minimum absolute atomic E-state index is 0.396. The largest absolute Gasteiger partial charge is 0.391 e. The molecule has 1 fully saturated rings. The molecule has 2 heteroatoms. The van der Waals surface area contributed by atoms with Crippen molar-refractivity contribution in [3.63, 3.8) is 0 Å². The Kier molecular flexibility index (Phi) is 4.41. The summed E-state index contributed by atoms with van der Waals surface area (Å²) in [5.74, 6) is 0. The topological polar surface area (TPSA) is 44.0 Å². The van der Waals surface area contributed by atoms with Crippen molar-refractivity contribution in [3.05, 3.63) is 0 Å². The first-order valence-electron chi connectivity index (χ1n) is 5.84. The predicted octanol–water partition coefficient (Wildman–Crippen LogP) is 3.01. The zero-order chi connectivity index (χ0) is 10.4. The van der Waals surface area contributed by atoms with Gasteiger partial charge in [-0.15, -0.1) is 0 Å². The Labute approximate surface area is 86.9 Å². The van der Waals surface area contributed by atoms with Crippen LogP contribution in [0.15, 0.2) is 0 Å². The number of hydrogen-bond acceptors (Lipinski definition) is 2. The van der Waals surface area contributed by atoms with E-state index < -0.39 is 11.5 Å². The molecule has 0 saturated heterocycles. The second-order valence-electron chi connectivity index (χ2n) is 4.49. The van der Waals surface area contributed by atoms with Gasteiger partial charge in [0.1, 0.15) is 0 Å². The van der Waals surface area contributed by atoms with Crippen LogP contribution >= 0.6 is 0 Å². The fourth-order valence-electron chi connectivity index (χ4n) is 2.38. The van der Waals surface area contributed by atoms with Gasteiger partial charge in [-0.25, -0.2) is 0 Å². The number of aliphatic hydroxyl groups excluding tert-OH is 1. The maximum absolute atomic E-state index is 10.0. The fraction of sp³-hybridized carbons (Fsp3) is 0.917. The Morgan fingerprint density at radius 3 is 2.50 bits per heavy atom. The summed E-state index contributed by atoms with van der Waals surface area (Å²) in [5, 5.41) is 19.2. The number of rotatable bonds is 4. The third-order valence-corrected chi connectivity index (χ3v) is 3.44. The first-order chi connectivity index (χ1) is 6.75. The smallest absolute Gasteiger partial charge is 0.0832 e. The van der Waals surface area contributed by atoms with Crippen molar-refractivity contribution in [2.75, 3.05) is 0 Å². The average molecular weight is 195 g/mol. The quantitative estimate of drug-likeness (QED) is 0.749. The van der Waals surface area contributed by atoms with E-state index in [2.05, 4.69) is 13.0 Å². The van der Waals surface area contributed by atoms with Crippen molar-refractivity contribution in [2.24, 2.45) is 5.41 Å². The maximum atomic E-state index is 10.0. The molecule has 0 amide bonds. The van der Waals surface area contributed by atoms with Gasteiger partial charge in [0.25, 0.3) is 0 Å². The molecule has 80 valence electrons. The monoisotopic (exact) mass is 195 g/mol. The van der Waals surface area contributed by atoms with Crippen LogP contribution in [0, 0.1) is 16.7 Å². The summed E-state index contributed by atoms with van der Waals surface area (Å²) in [6, 6.07) is 2.38. The van der Waals surface area contributed by atoms with Gasteiger partial charge in [-0.2, -0.15) is 5.26 Å². The van der Waals surface area contributed by atoms with Gasteiger partial charge in [0.2, 0.25) is 0 Å². The van der Waals surface area contributed by atoms with E-state index in [-0.39, 0.29) is 0 Å². The molecule has 0 aromatic rings. The molecule has 0 aromatic heterocycles. The average Bonchev–Trinajstić information content (AvgIpc) is 2.26. The Morgan fingerprint density at radius 2 is 2.00 bits per heavy atom. The minimum Gasteiger partial charge on any atom is -0.391 e. The van der Waals surface area contributed by atoms with E-state index in [4.69, 9.17) is 0 Å². The first kappa shape index (κ1) is 11.5. The lowest BCUT2D eigenvalue weighted by Crippen LogP contribution is -2.35. The van der Waals surface area contributed by atoms with Gasteiger partial charge in [-0.05, 0) is 19.3 Å². The number of aliphatic hydroxyl groups is 1. The van der Waals surface area contributed by atoms with Crippen molar-refractivity contribution < 1.29 is 5.11 Å². The van der Waals surface area contributed by atoms with Crippen molar-refractivity contribution in [2.45, 2.75) is 64.4 Å². The predicted molar refractivity (Wildman–Crippen MR) is 56.7 cm³/mol. The molecule has 0 aromatic carbocycles. The molecular formula is C12H21NO. The Bertz CT molecular complexity index is 201. The molecule has 14 heavy (non-hydrogen) atoms. The molecule has 1 atom stereocenters. The molecule has 1 N–H and O–H groups in total. The summed E-state index contributed by atoms with van der Waals surface area (Å²) in [7, 11) is 0. The van der Waals surface area contributed by atoms with Gasteiger partial charge in [-0.3, -0.25) is 0 Å². The summed E-state index contributed by atoms with van der Waals surface area (Å²) in [6.45, 7) is 2.12. The summed E-state index contributed by atoms with van der Waals surface area (Å²) in [5.41, 5.74) is -0.409. The standard InChI is InChI=1S/C12H21NO/c1-2-3-7-11(14)12(10-13)8-5-4-6-9-12/h11,14H,2-9H2,1H3. The number of hydrogen-bond donors (Lipinski definition) is 1. The lowest BCUT2D eigenvalue weighted by Gasteiger charge is -2.35. The highest BCUT2D eigenvalue weighted by molar-refractivity contribution is 5.04. The van der Waals surface area contributed by atoms with Crippen molar-refractivity contribution in [1.29, 1.82) is 5.26 Å². The van der Waals surface area contributed by atoms with Crippen LogP contribution in [0.2, 0.25) is 0 Å². The highest BCUT2D eigenvalue weighted by Gasteiger charge is 2.38. The van der Waals surface area contributed by atoms with Gasteiger partial charge in [0.05, 0.1) is 17.6 Å². The van der Waals surface area contributed by atoms with E-state index in [9.17, 15) is 10.4 Å². The molecule has 0 spiro atoms. The van der Waals surface area contributed by atoms with Crippen LogP contribution in [0.1, 0.15) is 58.3 Å². The first-order valence-corrected chi connectivity index (χ1v) is 5.84. The highest BCUT2D eigenvalue weighted by atomic mass is 16.3. The SMILES string of the molecule is CCCCC(O)C1(C#N)CCCCC1. The highest BCUT2D eigenvalue weighted by Crippen LogP contribution is 2.40. The number of unbranched alkanes of at least 4 members (excludes halogenated alkanes) is 1. The lowest BCUT2D eigenvalue weighted by atomic mass is 9.70. The zero-order valence-electron chi connectivity index (χ0n) is 9.13. The number of nitrogens with zero attached hydrogens (tertiary/aromatic N) is 1. The van der Waals surface area contributed by atoms with Crippen molar-refractivity contribution in [1.82, 2.24) is 0 Å². The molecule has 0 radical (unpaired) electrons. The third kappa shape index (κ3) is 2.48. The van der Waals surface area contributed by atoms with Crippen molar-refractivity contribution >= 4 is 0 Å². The van der Waals surface area contributed by atoms with Crippen LogP contribution in [0.4, 0.5) is 0 Å². The zero-order valence-corrected chi connectivity index (χ0v) is 9.13. The molecule has 0 heterocycles. The van der Waals surface area contributed by atoms with Crippen LogP contribution in [0.3, 0.4) is 0 Å². The Hall–Kier alpha value is -0.550. The van der Waals surface area contributed by atoms with Crippen LogP contribution in [-0.2, 0) is 0 Å². The summed E-state index contributed by atoms with van der Waals surface area (Å²) >= 11 is 0. The molecule has 2 nitrogen and oxygen atoms in total. The summed E-state index contributed by atoms with van der Waals surface area (Å²) in [4.78, 5) is 0. The third-order valence-electron chi connectivity index (χ3n) is 3.44. The van der Waals surface area contributed by atoms with Gasteiger partial charge in [0, 0.05) is 0 Å². The van der Waals surface area contributed by atoms with E-state index in [1.807, 2.05) is 0 Å². The van der Waals surface area contributed by atoms with E-state index in [1.54, 1.807) is 0 Å². The van der Waals surface area contributed by atoms with Crippen molar-refractivity contribution in [3.8, 4) is 6.07 Å². The van der Waals surface area contributed by atoms with Crippen LogP contribution < -0.4 is 0 Å². The van der Waals surface area contributed by atoms with Crippen LogP contribution in [-0.4, -0.2) is 11.2 Å². The summed E-state index contributed by atoms with van der Waals surface area (Å²) < 4.78 is 0. The molecule has 1 aliphatic rings. The minimum atomic E-state index is -0.409. The normalized spacial score (nSPS) is 22.6. The van der Waals surface area contributed by atoms with E-state index in [0.29, 0.717) is 0 Å². The van der Waals surface area contributed by atoms with Gasteiger partial charge >= 0.3 is 0 Å². The molecule has 0 bridgehead atoms. The second-order valence-corrected chi connectivity index (χ2v) is 4.49. The van der Waals surface area contributed by atoms with Gasteiger partial charge < -0.3 is 5.11 Å². The summed E-state index contributed by atoms with van der Waals surface area (Å²) in [6.07, 6.45) is 7.76. The van der Waals surface area contributed by atoms with E-state index in [0.717, 1.165) is 44.9 Å². The maximum Gasteiger partial charge on any atom is 0.0832 e. The van der Waals surface area contributed by atoms with Gasteiger partial charge in [0.15, 0.2) is 0 Å².